The van der Waals surface area contributed by atoms with E-state index in [1.54, 1.807) is 6.20 Å². The summed E-state index contributed by atoms with van der Waals surface area (Å²) in [7, 11) is 0. The highest BCUT2D eigenvalue weighted by Crippen LogP contribution is 2.23. The molecule has 4 rings (SSSR count). The van der Waals surface area contributed by atoms with Gasteiger partial charge in [-0.15, -0.1) is 0 Å². The molecule has 0 N–H and O–H groups in total. The molecule has 1 aliphatic rings. The van der Waals surface area contributed by atoms with Crippen molar-refractivity contribution in [3.05, 3.63) is 76.3 Å². The van der Waals surface area contributed by atoms with E-state index in [1.807, 2.05) is 30.5 Å². The van der Waals surface area contributed by atoms with Crippen LogP contribution < -0.4 is 0 Å². The molecule has 3 heterocycles. The van der Waals surface area contributed by atoms with Crippen molar-refractivity contribution in [2.24, 2.45) is 0 Å². The molecule has 0 aliphatic carbocycles. The van der Waals surface area contributed by atoms with Crippen molar-refractivity contribution >= 4 is 15.9 Å². The van der Waals surface area contributed by atoms with Crippen molar-refractivity contribution < 1.29 is 0 Å². The molecular formula is C19H17BrN4. The molecule has 2 aromatic heterocycles. The molecule has 0 saturated heterocycles. The SMILES string of the molecule is Brc1ncccc1CN1CCc2nc(-c3ccccc3)ncc2C1. The highest BCUT2D eigenvalue weighted by atomic mass is 79.9. The Morgan fingerprint density at radius 2 is 1.92 bits per heavy atom. The van der Waals surface area contributed by atoms with Crippen LogP contribution in [0.1, 0.15) is 16.8 Å². The molecular weight excluding hydrogens is 364 g/mol. The zero-order chi connectivity index (χ0) is 16.4. The summed E-state index contributed by atoms with van der Waals surface area (Å²) in [5.41, 5.74) is 4.68. The van der Waals surface area contributed by atoms with Crippen LogP contribution in [0.3, 0.4) is 0 Å². The number of pyridine rings is 1. The fourth-order valence-electron chi connectivity index (χ4n) is 3.01. The van der Waals surface area contributed by atoms with Gasteiger partial charge < -0.3 is 0 Å². The van der Waals surface area contributed by atoms with E-state index < -0.39 is 0 Å². The molecule has 0 bridgehead atoms. The van der Waals surface area contributed by atoms with Crippen molar-refractivity contribution in [3.63, 3.8) is 0 Å². The second kappa shape index (κ2) is 6.79. The van der Waals surface area contributed by atoms with Gasteiger partial charge in [0.25, 0.3) is 0 Å². The summed E-state index contributed by atoms with van der Waals surface area (Å²) in [6, 6.07) is 14.2. The smallest absolute Gasteiger partial charge is 0.159 e. The Kier molecular flexibility index (Phi) is 4.36. The van der Waals surface area contributed by atoms with Gasteiger partial charge in [0.2, 0.25) is 0 Å². The van der Waals surface area contributed by atoms with Crippen molar-refractivity contribution in [1.29, 1.82) is 0 Å². The Morgan fingerprint density at radius 3 is 2.75 bits per heavy atom. The third kappa shape index (κ3) is 3.23. The molecule has 24 heavy (non-hydrogen) atoms. The average molecular weight is 381 g/mol. The van der Waals surface area contributed by atoms with Gasteiger partial charge in [-0.2, -0.15) is 0 Å². The summed E-state index contributed by atoms with van der Waals surface area (Å²) in [4.78, 5) is 16.1. The van der Waals surface area contributed by atoms with Crippen LogP contribution in [0.25, 0.3) is 11.4 Å². The van der Waals surface area contributed by atoms with Crippen molar-refractivity contribution in [2.75, 3.05) is 6.54 Å². The van der Waals surface area contributed by atoms with E-state index in [0.717, 1.165) is 42.0 Å². The molecule has 0 unspecified atom stereocenters. The van der Waals surface area contributed by atoms with Crippen molar-refractivity contribution in [2.45, 2.75) is 19.5 Å². The van der Waals surface area contributed by atoms with Gasteiger partial charge >= 0.3 is 0 Å². The number of halogens is 1. The first-order chi connectivity index (χ1) is 11.8. The molecule has 0 radical (unpaired) electrons. The minimum atomic E-state index is 0.817. The summed E-state index contributed by atoms with van der Waals surface area (Å²) in [5.74, 6) is 0.817. The molecule has 0 fully saturated rings. The molecule has 0 atom stereocenters. The quantitative estimate of drug-likeness (QED) is 0.647. The zero-order valence-corrected chi connectivity index (χ0v) is 14.8. The normalized spacial score (nSPS) is 14.4. The Labute approximate surface area is 149 Å². The first-order valence-electron chi connectivity index (χ1n) is 8.01. The van der Waals surface area contributed by atoms with Crippen LogP contribution in [-0.4, -0.2) is 26.4 Å². The van der Waals surface area contributed by atoms with E-state index in [2.05, 4.69) is 49.0 Å². The molecule has 3 aromatic rings. The van der Waals surface area contributed by atoms with Crippen LogP contribution in [0.5, 0.6) is 0 Å². The fourth-order valence-corrected chi connectivity index (χ4v) is 3.39. The number of aromatic nitrogens is 3. The summed E-state index contributed by atoms with van der Waals surface area (Å²) in [5, 5.41) is 0. The average Bonchev–Trinajstić information content (AvgIpc) is 2.64. The summed E-state index contributed by atoms with van der Waals surface area (Å²) in [6.45, 7) is 2.76. The summed E-state index contributed by atoms with van der Waals surface area (Å²) < 4.78 is 0.923. The third-order valence-corrected chi connectivity index (χ3v) is 4.99. The van der Waals surface area contributed by atoms with Crippen LogP contribution in [0.4, 0.5) is 0 Å². The van der Waals surface area contributed by atoms with E-state index in [-0.39, 0.29) is 0 Å². The number of benzene rings is 1. The lowest BCUT2D eigenvalue weighted by molar-refractivity contribution is 0.242. The Morgan fingerprint density at radius 1 is 1.04 bits per heavy atom. The largest absolute Gasteiger partial charge is 0.294 e. The van der Waals surface area contributed by atoms with Gasteiger partial charge in [0, 0.05) is 49.6 Å². The first kappa shape index (κ1) is 15.4. The number of hydrogen-bond donors (Lipinski definition) is 0. The van der Waals surface area contributed by atoms with Crippen LogP contribution >= 0.6 is 15.9 Å². The molecule has 1 aliphatic heterocycles. The lowest BCUT2D eigenvalue weighted by atomic mass is 10.1. The molecule has 0 amide bonds. The highest BCUT2D eigenvalue weighted by Gasteiger charge is 2.19. The van der Waals surface area contributed by atoms with Gasteiger partial charge in [0.05, 0.1) is 5.69 Å². The standard InChI is InChI=1S/C19H17BrN4/c20-18-15(7-4-9-21-18)12-24-10-8-17-16(13-24)11-22-19(23-17)14-5-2-1-3-6-14/h1-7,9,11H,8,10,12-13H2. The van der Waals surface area contributed by atoms with Crippen LogP contribution in [0.2, 0.25) is 0 Å². The van der Waals surface area contributed by atoms with Crippen molar-refractivity contribution in [3.8, 4) is 11.4 Å². The van der Waals surface area contributed by atoms with Crippen molar-refractivity contribution in [1.82, 2.24) is 19.9 Å². The highest BCUT2D eigenvalue weighted by molar-refractivity contribution is 9.10. The predicted molar refractivity (Wildman–Crippen MR) is 97.2 cm³/mol. The molecule has 4 nitrogen and oxygen atoms in total. The summed E-state index contributed by atoms with van der Waals surface area (Å²) >= 11 is 3.53. The predicted octanol–water partition coefficient (Wildman–Crippen LogP) is 3.86. The molecule has 1 aromatic carbocycles. The Hall–Kier alpha value is -2.11. The van der Waals surface area contributed by atoms with E-state index >= 15 is 0 Å². The molecule has 0 spiro atoms. The van der Waals surface area contributed by atoms with E-state index in [1.165, 1.54) is 16.8 Å². The van der Waals surface area contributed by atoms with Gasteiger partial charge in [-0.3, -0.25) is 4.90 Å². The molecule has 120 valence electrons. The number of hydrogen-bond acceptors (Lipinski definition) is 4. The lowest BCUT2D eigenvalue weighted by Crippen LogP contribution is -2.31. The van der Waals surface area contributed by atoms with Crippen LogP contribution in [-0.2, 0) is 19.5 Å². The molecule has 0 saturated carbocycles. The monoisotopic (exact) mass is 380 g/mol. The second-order valence-corrected chi connectivity index (χ2v) is 6.70. The Bertz CT molecular complexity index is 851. The maximum absolute atomic E-state index is 4.78. The van der Waals surface area contributed by atoms with Crippen LogP contribution in [0.15, 0.2) is 59.5 Å². The van der Waals surface area contributed by atoms with E-state index in [4.69, 9.17) is 4.98 Å². The first-order valence-corrected chi connectivity index (χ1v) is 8.81. The molecule has 5 heteroatoms. The topological polar surface area (TPSA) is 41.9 Å². The second-order valence-electron chi connectivity index (χ2n) is 5.95. The van der Waals surface area contributed by atoms with Crippen LogP contribution in [0, 0.1) is 0 Å². The number of fused-ring (bicyclic) bond motifs is 1. The summed E-state index contributed by atoms with van der Waals surface area (Å²) in [6.07, 6.45) is 4.74. The van der Waals surface area contributed by atoms with Gasteiger partial charge in [0.1, 0.15) is 4.60 Å². The maximum atomic E-state index is 4.78. The maximum Gasteiger partial charge on any atom is 0.159 e. The number of nitrogens with zero attached hydrogens (tertiary/aromatic N) is 4. The minimum absolute atomic E-state index is 0.817. The van der Waals surface area contributed by atoms with Gasteiger partial charge in [-0.05, 0) is 27.6 Å². The zero-order valence-electron chi connectivity index (χ0n) is 13.2. The fraction of sp³-hybridized carbons (Fsp3) is 0.211. The minimum Gasteiger partial charge on any atom is -0.294 e. The van der Waals surface area contributed by atoms with E-state index in [0.29, 0.717) is 0 Å². The van der Waals surface area contributed by atoms with Gasteiger partial charge in [-0.1, -0.05) is 36.4 Å². The van der Waals surface area contributed by atoms with Gasteiger partial charge in [-0.25, -0.2) is 15.0 Å². The van der Waals surface area contributed by atoms with Gasteiger partial charge in [0.15, 0.2) is 5.82 Å². The number of rotatable bonds is 3. The Balaban J connectivity index is 1.53. The van der Waals surface area contributed by atoms with E-state index in [9.17, 15) is 0 Å². The third-order valence-electron chi connectivity index (χ3n) is 4.28. The lowest BCUT2D eigenvalue weighted by Gasteiger charge is -2.28.